The molecule has 1 heterocycles. The molecule has 1 aliphatic carbocycles. The van der Waals surface area contributed by atoms with Gasteiger partial charge in [0.05, 0.1) is 24.9 Å². The van der Waals surface area contributed by atoms with Crippen molar-refractivity contribution in [3.05, 3.63) is 36.0 Å². The topological polar surface area (TPSA) is 86.2 Å². The molecule has 0 bridgehead atoms. The third-order valence-corrected chi connectivity index (χ3v) is 3.95. The van der Waals surface area contributed by atoms with E-state index in [-0.39, 0.29) is 0 Å². The fourth-order valence-corrected chi connectivity index (χ4v) is 2.72. The van der Waals surface area contributed by atoms with Crippen LogP contribution in [0, 0.1) is 0 Å². The Morgan fingerprint density at radius 1 is 1.33 bits per heavy atom. The van der Waals surface area contributed by atoms with Crippen LogP contribution >= 0.6 is 0 Å². The normalized spacial score (nSPS) is 16.9. The molecule has 0 amide bonds. The lowest BCUT2D eigenvalue weighted by molar-refractivity contribution is 0.351. The van der Waals surface area contributed by atoms with Gasteiger partial charge in [0.15, 0.2) is 5.82 Å². The zero-order valence-corrected chi connectivity index (χ0v) is 12.1. The van der Waals surface area contributed by atoms with E-state index in [1.807, 2.05) is 24.3 Å². The van der Waals surface area contributed by atoms with Gasteiger partial charge in [-0.3, -0.25) is 0 Å². The zero-order valence-electron chi connectivity index (χ0n) is 12.1. The fraction of sp³-hybridized carbons (Fsp3) is 0.467. The number of para-hydroxylation sites is 2. The summed E-state index contributed by atoms with van der Waals surface area (Å²) in [5.74, 6) is 1.94. The number of rotatable bonds is 5. The van der Waals surface area contributed by atoms with Crippen molar-refractivity contribution in [1.29, 1.82) is 0 Å². The fourth-order valence-electron chi connectivity index (χ4n) is 2.72. The Balaban J connectivity index is 1.67. The molecule has 1 aliphatic rings. The summed E-state index contributed by atoms with van der Waals surface area (Å²) in [6.45, 7) is 0.448. The van der Waals surface area contributed by atoms with Crippen molar-refractivity contribution >= 4 is 5.69 Å². The molecule has 3 rings (SSSR count). The van der Waals surface area contributed by atoms with Gasteiger partial charge >= 0.3 is 0 Å². The first-order valence-corrected chi connectivity index (χ1v) is 7.20. The average molecular weight is 288 g/mol. The van der Waals surface area contributed by atoms with Gasteiger partial charge in [-0.1, -0.05) is 30.1 Å². The molecule has 112 valence electrons. The summed E-state index contributed by atoms with van der Waals surface area (Å²) < 4.78 is 10.6. The molecule has 0 spiro atoms. The van der Waals surface area contributed by atoms with Gasteiger partial charge in [0.25, 0.3) is 0 Å². The summed E-state index contributed by atoms with van der Waals surface area (Å²) >= 11 is 0. The summed E-state index contributed by atoms with van der Waals surface area (Å²) in [6, 6.07) is 7.71. The maximum absolute atomic E-state index is 6.32. The first-order chi connectivity index (χ1) is 10.2. The number of methoxy groups -OCH3 is 1. The lowest BCUT2D eigenvalue weighted by Crippen LogP contribution is -2.34. The monoisotopic (exact) mass is 288 g/mol. The molecule has 0 aliphatic heterocycles. The molecule has 0 saturated heterocycles. The molecular formula is C15H20N4O2. The lowest BCUT2D eigenvalue weighted by Gasteiger charge is -2.17. The Labute approximate surface area is 123 Å². The highest BCUT2D eigenvalue weighted by Crippen LogP contribution is 2.34. The molecule has 3 N–H and O–H groups in total. The molecule has 0 unspecified atom stereocenters. The molecule has 2 aromatic rings. The molecular weight excluding hydrogens is 268 g/mol. The highest BCUT2D eigenvalue weighted by molar-refractivity contribution is 5.55. The van der Waals surface area contributed by atoms with Crippen molar-refractivity contribution in [2.75, 3.05) is 12.4 Å². The highest BCUT2D eigenvalue weighted by Gasteiger charge is 2.35. The second-order valence-electron chi connectivity index (χ2n) is 5.43. The van der Waals surface area contributed by atoms with E-state index in [2.05, 4.69) is 15.5 Å². The molecule has 0 atom stereocenters. The van der Waals surface area contributed by atoms with Crippen molar-refractivity contribution in [2.24, 2.45) is 5.73 Å². The van der Waals surface area contributed by atoms with Crippen molar-refractivity contribution in [2.45, 2.75) is 37.8 Å². The SMILES string of the molecule is COc1ccccc1NCc1nc(C2(N)CCCC2)no1. The number of aromatic nitrogens is 2. The Morgan fingerprint density at radius 2 is 2.10 bits per heavy atom. The maximum Gasteiger partial charge on any atom is 0.246 e. The first-order valence-electron chi connectivity index (χ1n) is 7.20. The van der Waals surface area contributed by atoms with Gasteiger partial charge in [0.1, 0.15) is 5.75 Å². The second-order valence-corrected chi connectivity index (χ2v) is 5.43. The Bertz CT molecular complexity index is 605. The van der Waals surface area contributed by atoms with E-state index >= 15 is 0 Å². The number of hydrogen-bond donors (Lipinski definition) is 2. The van der Waals surface area contributed by atoms with Crippen LogP contribution in [0.15, 0.2) is 28.8 Å². The van der Waals surface area contributed by atoms with Crippen LogP contribution in [0.1, 0.15) is 37.4 Å². The van der Waals surface area contributed by atoms with E-state index in [0.29, 0.717) is 18.3 Å². The minimum atomic E-state index is -0.411. The summed E-state index contributed by atoms with van der Waals surface area (Å²) in [6.07, 6.45) is 4.09. The molecule has 1 aromatic heterocycles. The van der Waals surface area contributed by atoms with E-state index in [4.69, 9.17) is 15.0 Å². The molecule has 1 fully saturated rings. The average Bonchev–Trinajstić information content (AvgIpc) is 3.15. The van der Waals surface area contributed by atoms with Crippen LogP contribution < -0.4 is 15.8 Å². The van der Waals surface area contributed by atoms with E-state index in [1.165, 1.54) is 0 Å². The van der Waals surface area contributed by atoms with Crippen LogP contribution in [-0.4, -0.2) is 17.3 Å². The highest BCUT2D eigenvalue weighted by atomic mass is 16.5. The molecule has 1 aromatic carbocycles. The zero-order chi connectivity index (χ0) is 14.7. The van der Waals surface area contributed by atoms with Crippen LogP contribution in [0.25, 0.3) is 0 Å². The van der Waals surface area contributed by atoms with Gasteiger partial charge in [0.2, 0.25) is 5.89 Å². The largest absolute Gasteiger partial charge is 0.495 e. The molecule has 6 nitrogen and oxygen atoms in total. The minimum absolute atomic E-state index is 0.411. The number of nitrogens with two attached hydrogens (primary N) is 1. The molecule has 0 radical (unpaired) electrons. The second kappa shape index (κ2) is 5.73. The van der Waals surface area contributed by atoms with Gasteiger partial charge < -0.3 is 20.3 Å². The third-order valence-electron chi connectivity index (χ3n) is 3.95. The number of nitrogens with zero attached hydrogens (tertiary/aromatic N) is 2. The summed E-state index contributed by atoms with van der Waals surface area (Å²) in [5.41, 5.74) is 6.80. The minimum Gasteiger partial charge on any atom is -0.495 e. The van der Waals surface area contributed by atoms with E-state index in [9.17, 15) is 0 Å². The van der Waals surface area contributed by atoms with Gasteiger partial charge in [-0.2, -0.15) is 4.98 Å². The van der Waals surface area contributed by atoms with E-state index in [1.54, 1.807) is 7.11 Å². The number of benzene rings is 1. The first kappa shape index (κ1) is 13.9. The number of nitrogens with one attached hydrogen (secondary N) is 1. The quantitative estimate of drug-likeness (QED) is 0.878. The lowest BCUT2D eigenvalue weighted by atomic mass is 9.99. The van der Waals surface area contributed by atoms with Crippen LogP contribution in [0.3, 0.4) is 0 Å². The standard InChI is InChI=1S/C15H20N4O2/c1-20-12-7-3-2-6-11(12)17-10-13-18-14(19-21-13)15(16)8-4-5-9-15/h2-3,6-7,17H,4-5,8-10,16H2,1H3. The maximum atomic E-state index is 6.32. The molecule has 6 heteroatoms. The van der Waals surface area contributed by atoms with E-state index in [0.717, 1.165) is 37.1 Å². The Hall–Kier alpha value is -2.08. The number of anilines is 1. The van der Waals surface area contributed by atoms with Crippen LogP contribution in [-0.2, 0) is 12.1 Å². The van der Waals surface area contributed by atoms with Crippen molar-refractivity contribution in [1.82, 2.24) is 10.1 Å². The Kier molecular flexibility index (Phi) is 3.79. The van der Waals surface area contributed by atoms with E-state index < -0.39 is 5.54 Å². The summed E-state index contributed by atoms with van der Waals surface area (Å²) in [5, 5.41) is 7.28. The van der Waals surface area contributed by atoms with Crippen molar-refractivity contribution in [3.63, 3.8) is 0 Å². The van der Waals surface area contributed by atoms with Crippen molar-refractivity contribution < 1.29 is 9.26 Å². The third kappa shape index (κ3) is 2.85. The van der Waals surface area contributed by atoms with Gasteiger partial charge in [-0.25, -0.2) is 0 Å². The molecule has 21 heavy (non-hydrogen) atoms. The number of hydrogen-bond acceptors (Lipinski definition) is 6. The predicted molar refractivity (Wildman–Crippen MR) is 79.0 cm³/mol. The summed E-state index contributed by atoms with van der Waals surface area (Å²) in [4.78, 5) is 4.43. The number of ether oxygens (including phenoxy) is 1. The van der Waals surface area contributed by atoms with Gasteiger partial charge in [0, 0.05) is 0 Å². The van der Waals surface area contributed by atoms with Gasteiger partial charge in [-0.05, 0) is 25.0 Å². The van der Waals surface area contributed by atoms with Crippen molar-refractivity contribution in [3.8, 4) is 5.75 Å². The van der Waals surface area contributed by atoms with Crippen LogP contribution in [0.4, 0.5) is 5.69 Å². The van der Waals surface area contributed by atoms with Gasteiger partial charge in [-0.15, -0.1) is 0 Å². The van der Waals surface area contributed by atoms with Crippen LogP contribution in [0.5, 0.6) is 5.75 Å². The molecule has 1 saturated carbocycles. The Morgan fingerprint density at radius 3 is 2.86 bits per heavy atom. The predicted octanol–water partition coefficient (Wildman–Crippen LogP) is 2.42. The smallest absolute Gasteiger partial charge is 0.246 e. The summed E-state index contributed by atoms with van der Waals surface area (Å²) in [7, 11) is 1.64. The van der Waals surface area contributed by atoms with Crippen LogP contribution in [0.2, 0.25) is 0 Å².